The summed E-state index contributed by atoms with van der Waals surface area (Å²) in [7, 11) is 0. The number of nitrogens with zero attached hydrogens (tertiary/aromatic N) is 1. The summed E-state index contributed by atoms with van der Waals surface area (Å²) in [6, 6.07) is 4.52. The van der Waals surface area contributed by atoms with Crippen LogP contribution in [-0.2, 0) is 4.79 Å². The van der Waals surface area contributed by atoms with Crippen molar-refractivity contribution in [2.24, 2.45) is 0 Å². The molecule has 1 aromatic carbocycles. The molecule has 0 radical (unpaired) electrons. The maximum Gasteiger partial charge on any atom is 0.237 e. The van der Waals surface area contributed by atoms with Crippen LogP contribution in [0.5, 0.6) is 0 Å². The Morgan fingerprint density at radius 3 is 2.62 bits per heavy atom. The van der Waals surface area contributed by atoms with Crippen molar-refractivity contribution in [3.63, 3.8) is 0 Å². The molecular weight excluding hydrogens is 375 g/mol. The maximum atomic E-state index is 13.7. The number of nitrogens with one attached hydrogen (secondary N) is 1. The summed E-state index contributed by atoms with van der Waals surface area (Å²) in [5.74, 6) is -0.739. The van der Waals surface area contributed by atoms with Gasteiger partial charge in [0, 0.05) is 17.6 Å². The largest absolute Gasteiger partial charge is 0.358 e. The van der Waals surface area contributed by atoms with E-state index in [1.54, 1.807) is 13.0 Å². The number of benzene rings is 1. The van der Waals surface area contributed by atoms with Gasteiger partial charge in [-0.1, -0.05) is 39.9 Å². The number of amides is 1. The van der Waals surface area contributed by atoms with E-state index in [0.29, 0.717) is 8.79 Å². The minimum Gasteiger partial charge on any atom is -0.358 e. The highest BCUT2D eigenvalue weighted by Gasteiger charge is 2.19. The first-order valence-electron chi connectivity index (χ1n) is 6.60. The summed E-state index contributed by atoms with van der Waals surface area (Å²) in [5, 5.41) is 2.20. The van der Waals surface area contributed by atoms with Crippen molar-refractivity contribution < 1.29 is 9.18 Å². The maximum absolute atomic E-state index is 13.7. The highest BCUT2D eigenvalue weighted by Crippen LogP contribution is 2.22. The van der Waals surface area contributed by atoms with Crippen molar-refractivity contribution in [1.82, 2.24) is 4.90 Å². The lowest BCUT2D eigenvalue weighted by molar-refractivity contribution is -0.115. The number of thioether (sulfide) groups is 1. The number of carbonyl (C=O) groups excluding carboxylic acids is 1. The fourth-order valence-corrected chi connectivity index (χ4v) is 3.49. The molecule has 1 amide bonds. The van der Waals surface area contributed by atoms with E-state index in [1.165, 1.54) is 23.9 Å². The first kappa shape index (κ1) is 18.4. The van der Waals surface area contributed by atoms with Gasteiger partial charge in [0.2, 0.25) is 5.91 Å². The molecular formula is C14H18BrFN2OS2. The first-order valence-corrected chi connectivity index (χ1v) is 8.68. The minimum atomic E-state index is -0.471. The third-order valence-electron chi connectivity index (χ3n) is 2.86. The van der Waals surface area contributed by atoms with E-state index < -0.39 is 5.82 Å². The normalized spacial score (nSPS) is 11.9. The number of rotatable bonds is 5. The molecule has 3 nitrogen and oxygen atoms in total. The van der Waals surface area contributed by atoms with Gasteiger partial charge < -0.3 is 10.2 Å². The SMILES string of the molecule is CCN(CC)C(=S)S[C@@H](C)C(=O)Nc1ccc(Br)cc1F. The van der Waals surface area contributed by atoms with Gasteiger partial charge in [-0.05, 0) is 39.0 Å². The molecule has 0 heterocycles. The second-order valence-corrected chi connectivity index (χ2v) is 7.20. The van der Waals surface area contributed by atoms with Crippen molar-refractivity contribution in [2.45, 2.75) is 26.0 Å². The third kappa shape index (κ3) is 5.56. The van der Waals surface area contributed by atoms with Crippen LogP contribution in [-0.4, -0.2) is 33.5 Å². The van der Waals surface area contributed by atoms with Crippen LogP contribution >= 0.6 is 39.9 Å². The van der Waals surface area contributed by atoms with Crippen molar-refractivity contribution in [3.8, 4) is 0 Å². The zero-order valence-electron chi connectivity index (χ0n) is 12.2. The molecule has 21 heavy (non-hydrogen) atoms. The second kappa shape index (κ2) is 8.70. The van der Waals surface area contributed by atoms with Crippen LogP contribution in [0.25, 0.3) is 0 Å². The second-order valence-electron chi connectivity index (χ2n) is 4.31. The number of hydrogen-bond donors (Lipinski definition) is 1. The standard InChI is InChI=1S/C14H18BrFN2OS2/c1-4-18(5-2)14(20)21-9(3)13(19)17-12-7-6-10(15)8-11(12)16/h6-9H,4-5H2,1-3H3,(H,17,19)/t9-/m0/s1. The van der Waals surface area contributed by atoms with Gasteiger partial charge in [0.15, 0.2) is 0 Å². The summed E-state index contributed by atoms with van der Waals surface area (Å²) in [5.41, 5.74) is 0.171. The average Bonchev–Trinajstić information content (AvgIpc) is 2.43. The minimum absolute atomic E-state index is 0.171. The number of anilines is 1. The Balaban J connectivity index is 2.64. The molecule has 0 aliphatic carbocycles. The van der Waals surface area contributed by atoms with Crippen LogP contribution in [0.15, 0.2) is 22.7 Å². The number of hydrogen-bond acceptors (Lipinski definition) is 3. The van der Waals surface area contributed by atoms with Crippen LogP contribution in [0.4, 0.5) is 10.1 Å². The Labute approximate surface area is 142 Å². The van der Waals surface area contributed by atoms with Gasteiger partial charge in [0.1, 0.15) is 10.1 Å². The van der Waals surface area contributed by atoms with E-state index in [9.17, 15) is 9.18 Å². The van der Waals surface area contributed by atoms with Gasteiger partial charge in [0.05, 0.1) is 10.9 Å². The molecule has 0 aliphatic heterocycles. The third-order valence-corrected chi connectivity index (χ3v) is 4.93. The van der Waals surface area contributed by atoms with Crippen LogP contribution in [0.3, 0.4) is 0 Å². The molecule has 0 bridgehead atoms. The molecule has 0 saturated carbocycles. The van der Waals surface area contributed by atoms with Crippen LogP contribution in [0, 0.1) is 5.82 Å². The highest BCUT2D eigenvalue weighted by atomic mass is 79.9. The van der Waals surface area contributed by atoms with E-state index in [-0.39, 0.29) is 16.8 Å². The molecule has 116 valence electrons. The molecule has 7 heteroatoms. The zero-order chi connectivity index (χ0) is 16.0. The van der Waals surface area contributed by atoms with Gasteiger partial charge in [-0.2, -0.15) is 0 Å². The fourth-order valence-electron chi connectivity index (χ4n) is 1.59. The summed E-state index contributed by atoms with van der Waals surface area (Å²) in [4.78, 5) is 14.1. The van der Waals surface area contributed by atoms with E-state index in [4.69, 9.17) is 12.2 Å². The molecule has 1 aromatic rings. The van der Waals surface area contributed by atoms with Crippen molar-refractivity contribution in [3.05, 3.63) is 28.5 Å². The number of carbonyl (C=O) groups is 1. The van der Waals surface area contributed by atoms with Crippen LogP contribution in [0.1, 0.15) is 20.8 Å². The molecule has 0 spiro atoms. The van der Waals surface area contributed by atoms with Crippen molar-refractivity contribution in [1.29, 1.82) is 0 Å². The Morgan fingerprint density at radius 2 is 2.10 bits per heavy atom. The zero-order valence-corrected chi connectivity index (χ0v) is 15.4. The van der Waals surface area contributed by atoms with Crippen molar-refractivity contribution in [2.75, 3.05) is 18.4 Å². The molecule has 1 atom stereocenters. The van der Waals surface area contributed by atoms with Gasteiger partial charge in [-0.3, -0.25) is 4.79 Å². The molecule has 1 N–H and O–H groups in total. The predicted octanol–water partition coefficient (Wildman–Crippen LogP) is 4.28. The lowest BCUT2D eigenvalue weighted by Gasteiger charge is -2.23. The van der Waals surface area contributed by atoms with Crippen LogP contribution in [0.2, 0.25) is 0 Å². The Morgan fingerprint density at radius 1 is 1.48 bits per heavy atom. The predicted molar refractivity (Wildman–Crippen MR) is 95.3 cm³/mol. The molecule has 0 fully saturated rings. The number of thiocarbonyl (C=S) groups is 1. The smallest absolute Gasteiger partial charge is 0.237 e. The summed E-state index contributed by atoms with van der Waals surface area (Å²) >= 11 is 9.79. The fraction of sp³-hybridized carbons (Fsp3) is 0.429. The summed E-state index contributed by atoms with van der Waals surface area (Å²) < 4.78 is 15.0. The molecule has 0 aromatic heterocycles. The van der Waals surface area contributed by atoms with E-state index in [2.05, 4.69) is 21.2 Å². The monoisotopic (exact) mass is 392 g/mol. The Hall–Kier alpha value is -0.660. The van der Waals surface area contributed by atoms with E-state index >= 15 is 0 Å². The lowest BCUT2D eigenvalue weighted by Crippen LogP contribution is -2.31. The Bertz CT molecular complexity index is 524. The van der Waals surface area contributed by atoms with E-state index in [0.717, 1.165) is 13.1 Å². The molecule has 0 aliphatic rings. The van der Waals surface area contributed by atoms with Crippen molar-refractivity contribution >= 4 is 55.8 Å². The summed E-state index contributed by atoms with van der Waals surface area (Å²) in [6.45, 7) is 7.39. The van der Waals surface area contributed by atoms with Crippen LogP contribution < -0.4 is 5.32 Å². The van der Waals surface area contributed by atoms with Gasteiger partial charge in [-0.15, -0.1) is 0 Å². The Kier molecular flexibility index (Phi) is 7.62. The lowest BCUT2D eigenvalue weighted by atomic mass is 10.3. The molecule has 1 rings (SSSR count). The number of halogens is 2. The van der Waals surface area contributed by atoms with Gasteiger partial charge >= 0.3 is 0 Å². The summed E-state index contributed by atoms with van der Waals surface area (Å²) in [6.07, 6.45) is 0. The quantitative estimate of drug-likeness (QED) is 0.758. The molecule has 0 unspecified atom stereocenters. The average molecular weight is 393 g/mol. The van der Waals surface area contributed by atoms with Gasteiger partial charge in [0.25, 0.3) is 0 Å². The van der Waals surface area contributed by atoms with Gasteiger partial charge in [-0.25, -0.2) is 4.39 Å². The first-order chi connectivity index (χ1) is 9.88. The molecule has 0 saturated heterocycles. The van der Waals surface area contributed by atoms with E-state index in [1.807, 2.05) is 18.7 Å². The topological polar surface area (TPSA) is 32.3 Å². The highest BCUT2D eigenvalue weighted by molar-refractivity contribution is 9.10.